The monoisotopic (exact) mass is 452 g/mol. The Bertz CT molecular complexity index is 843. The molecular formula is C22H32N2O8. The predicted molar refractivity (Wildman–Crippen MR) is 113 cm³/mol. The summed E-state index contributed by atoms with van der Waals surface area (Å²) in [6.07, 6.45) is 5.51. The number of nitrogens with zero attached hydrogens (tertiary/aromatic N) is 1. The first kappa shape index (κ1) is 23.3. The van der Waals surface area contributed by atoms with Gasteiger partial charge in [-0.15, -0.1) is 6.58 Å². The fourth-order valence-electron chi connectivity index (χ4n) is 4.25. The minimum absolute atomic E-state index is 0.213. The van der Waals surface area contributed by atoms with E-state index in [1.165, 1.54) is 16.8 Å². The van der Waals surface area contributed by atoms with Gasteiger partial charge < -0.3 is 28.4 Å². The first-order chi connectivity index (χ1) is 15.7. The molecule has 3 saturated heterocycles. The minimum Gasteiger partial charge on any atom is -0.367 e. The summed E-state index contributed by atoms with van der Waals surface area (Å²) in [5.41, 5.74) is -1.06. The first-order valence-corrected chi connectivity index (χ1v) is 11.4. The Hall–Kier alpha value is -1.82. The van der Waals surface area contributed by atoms with Crippen molar-refractivity contribution in [3.63, 3.8) is 0 Å². The van der Waals surface area contributed by atoms with E-state index in [4.69, 9.17) is 28.4 Å². The van der Waals surface area contributed by atoms with E-state index in [0.29, 0.717) is 13.2 Å². The van der Waals surface area contributed by atoms with Gasteiger partial charge in [0, 0.05) is 25.5 Å². The van der Waals surface area contributed by atoms with Crippen LogP contribution in [0.15, 0.2) is 34.5 Å². The molecule has 3 aliphatic heterocycles. The number of aromatic nitrogens is 2. The van der Waals surface area contributed by atoms with Crippen LogP contribution in [0.25, 0.3) is 0 Å². The molecule has 3 fully saturated rings. The Kier molecular flexibility index (Phi) is 8.28. The van der Waals surface area contributed by atoms with Gasteiger partial charge in [-0.3, -0.25) is 14.3 Å². The molecule has 4 rings (SSSR count). The van der Waals surface area contributed by atoms with Crippen molar-refractivity contribution >= 4 is 0 Å². The highest BCUT2D eigenvalue weighted by Crippen LogP contribution is 2.35. The van der Waals surface area contributed by atoms with Gasteiger partial charge in [0.15, 0.2) is 18.8 Å². The van der Waals surface area contributed by atoms with Crippen LogP contribution in [0.1, 0.15) is 44.8 Å². The molecule has 0 amide bonds. The van der Waals surface area contributed by atoms with E-state index >= 15 is 0 Å². The zero-order valence-electron chi connectivity index (χ0n) is 18.2. The molecule has 1 aromatic rings. The summed E-state index contributed by atoms with van der Waals surface area (Å²) in [4.78, 5) is 26.3. The summed E-state index contributed by atoms with van der Waals surface area (Å²) in [5, 5.41) is 0. The van der Waals surface area contributed by atoms with Crippen molar-refractivity contribution in [1.29, 1.82) is 0 Å². The van der Waals surface area contributed by atoms with Gasteiger partial charge in [0.1, 0.15) is 18.3 Å². The Morgan fingerprint density at radius 3 is 2.47 bits per heavy atom. The SMILES string of the molecule is C=CCO[C@H]1[C@H](OC2CCCCO2)[C@@H](COC2CCCCO2)O[C@H]1n1ccc(=O)[nH]c1=O. The maximum atomic E-state index is 12.5. The lowest BCUT2D eigenvalue weighted by molar-refractivity contribution is -0.225. The number of ether oxygens (including phenoxy) is 6. The highest BCUT2D eigenvalue weighted by molar-refractivity contribution is 4.96. The van der Waals surface area contributed by atoms with Crippen LogP contribution in [0, 0.1) is 0 Å². The summed E-state index contributed by atoms with van der Waals surface area (Å²) in [7, 11) is 0. The number of hydrogen-bond acceptors (Lipinski definition) is 8. The van der Waals surface area contributed by atoms with Crippen LogP contribution in [0.5, 0.6) is 0 Å². The number of nitrogens with one attached hydrogen (secondary N) is 1. The van der Waals surface area contributed by atoms with E-state index < -0.39 is 35.8 Å². The van der Waals surface area contributed by atoms with Crippen LogP contribution in [0.3, 0.4) is 0 Å². The topological polar surface area (TPSA) is 110 Å². The highest BCUT2D eigenvalue weighted by Gasteiger charge is 2.49. The Balaban J connectivity index is 1.56. The maximum absolute atomic E-state index is 12.5. The minimum atomic E-state index is -0.811. The molecule has 32 heavy (non-hydrogen) atoms. The molecule has 0 saturated carbocycles. The van der Waals surface area contributed by atoms with Gasteiger partial charge >= 0.3 is 5.69 Å². The fraction of sp³-hybridized carbons (Fsp3) is 0.727. The third-order valence-corrected chi connectivity index (χ3v) is 5.85. The summed E-state index contributed by atoms with van der Waals surface area (Å²) >= 11 is 0. The lowest BCUT2D eigenvalue weighted by Crippen LogP contribution is -2.44. The van der Waals surface area contributed by atoms with Gasteiger partial charge in [-0.05, 0) is 38.5 Å². The molecule has 0 aromatic carbocycles. The van der Waals surface area contributed by atoms with E-state index in [-0.39, 0.29) is 25.8 Å². The van der Waals surface area contributed by atoms with Crippen LogP contribution >= 0.6 is 0 Å². The summed E-state index contributed by atoms with van der Waals surface area (Å²) in [5.74, 6) is 0. The molecule has 10 nitrogen and oxygen atoms in total. The zero-order chi connectivity index (χ0) is 22.3. The van der Waals surface area contributed by atoms with Crippen molar-refractivity contribution in [2.75, 3.05) is 26.4 Å². The van der Waals surface area contributed by atoms with Crippen molar-refractivity contribution in [2.45, 2.75) is 75.6 Å². The van der Waals surface area contributed by atoms with Gasteiger partial charge in [-0.2, -0.15) is 0 Å². The summed E-state index contributed by atoms with van der Waals surface area (Å²) in [6, 6.07) is 1.27. The normalized spacial score (nSPS) is 33.2. The zero-order valence-corrected chi connectivity index (χ0v) is 18.2. The fourth-order valence-corrected chi connectivity index (χ4v) is 4.25. The second-order valence-corrected chi connectivity index (χ2v) is 8.20. The maximum Gasteiger partial charge on any atom is 0.330 e. The lowest BCUT2D eigenvalue weighted by atomic mass is 10.1. The number of H-pyrrole nitrogens is 1. The highest BCUT2D eigenvalue weighted by atomic mass is 16.7. The van der Waals surface area contributed by atoms with Crippen LogP contribution in [0.4, 0.5) is 0 Å². The molecule has 178 valence electrons. The van der Waals surface area contributed by atoms with E-state index in [1.54, 1.807) is 6.08 Å². The standard InChI is InChI=1S/C22H32N2O8/c1-2-11-29-20-19(32-18-8-4-6-13-28-18)15(14-30-17-7-3-5-12-27-17)31-21(20)24-10-9-16(25)23-22(24)26/h2,9-10,15,17-21H,1,3-8,11-14H2,(H,23,25,26)/t15-,17?,18?,19-,20+,21-/m1/s1. The van der Waals surface area contributed by atoms with Crippen molar-refractivity contribution in [2.24, 2.45) is 0 Å². The van der Waals surface area contributed by atoms with Crippen molar-refractivity contribution < 1.29 is 28.4 Å². The van der Waals surface area contributed by atoms with Crippen molar-refractivity contribution in [3.8, 4) is 0 Å². The summed E-state index contributed by atoms with van der Waals surface area (Å²) < 4.78 is 37.3. The number of aromatic amines is 1. The van der Waals surface area contributed by atoms with E-state index in [1.807, 2.05) is 0 Å². The smallest absolute Gasteiger partial charge is 0.330 e. The number of hydrogen-bond donors (Lipinski definition) is 1. The van der Waals surface area contributed by atoms with Crippen LogP contribution in [0.2, 0.25) is 0 Å². The molecule has 0 spiro atoms. The molecule has 3 aliphatic rings. The first-order valence-electron chi connectivity index (χ1n) is 11.4. The average molecular weight is 453 g/mol. The van der Waals surface area contributed by atoms with Crippen LogP contribution in [-0.4, -0.2) is 66.9 Å². The quantitative estimate of drug-likeness (QED) is 0.561. The number of rotatable bonds is 9. The second kappa shape index (κ2) is 11.4. The molecule has 6 atom stereocenters. The molecule has 1 N–H and O–H groups in total. The second-order valence-electron chi connectivity index (χ2n) is 8.20. The average Bonchev–Trinajstić information content (AvgIpc) is 3.14. The van der Waals surface area contributed by atoms with Crippen molar-refractivity contribution in [3.05, 3.63) is 45.8 Å². The third-order valence-electron chi connectivity index (χ3n) is 5.85. The molecule has 10 heteroatoms. The molecule has 2 unspecified atom stereocenters. The van der Waals surface area contributed by atoms with E-state index in [0.717, 1.165) is 38.5 Å². The molecule has 0 aliphatic carbocycles. The largest absolute Gasteiger partial charge is 0.367 e. The molecule has 4 heterocycles. The predicted octanol–water partition coefficient (Wildman–Crippen LogP) is 1.46. The van der Waals surface area contributed by atoms with E-state index in [9.17, 15) is 9.59 Å². The Morgan fingerprint density at radius 2 is 1.81 bits per heavy atom. The molecular weight excluding hydrogens is 420 g/mol. The van der Waals surface area contributed by atoms with E-state index in [2.05, 4.69) is 11.6 Å². The van der Waals surface area contributed by atoms with Crippen molar-refractivity contribution in [1.82, 2.24) is 9.55 Å². The molecule has 0 radical (unpaired) electrons. The Labute approximate surface area is 186 Å². The van der Waals surface area contributed by atoms with Gasteiger partial charge in [-0.1, -0.05) is 6.08 Å². The van der Waals surface area contributed by atoms with Crippen LogP contribution in [-0.2, 0) is 28.4 Å². The van der Waals surface area contributed by atoms with Gasteiger partial charge in [0.2, 0.25) is 0 Å². The summed E-state index contributed by atoms with van der Waals surface area (Å²) in [6.45, 7) is 5.48. The van der Waals surface area contributed by atoms with Gasteiger partial charge in [-0.25, -0.2) is 4.79 Å². The van der Waals surface area contributed by atoms with Gasteiger partial charge in [0.05, 0.1) is 13.2 Å². The molecule has 1 aromatic heterocycles. The third kappa shape index (κ3) is 5.75. The van der Waals surface area contributed by atoms with Gasteiger partial charge in [0.25, 0.3) is 5.56 Å². The lowest BCUT2D eigenvalue weighted by Gasteiger charge is -2.31. The molecule has 0 bridgehead atoms. The van der Waals surface area contributed by atoms with Crippen LogP contribution < -0.4 is 11.2 Å². The Morgan fingerprint density at radius 1 is 1.06 bits per heavy atom.